The number of ether oxygens (including phenoxy) is 1. The van der Waals surface area contributed by atoms with Gasteiger partial charge in [-0.1, -0.05) is 49.0 Å². The minimum absolute atomic E-state index is 0.192. The predicted octanol–water partition coefficient (Wildman–Crippen LogP) is 6.66. The topological polar surface area (TPSA) is 95.1 Å². The summed E-state index contributed by atoms with van der Waals surface area (Å²) in [5, 5.41) is 9.83. The minimum Gasteiger partial charge on any atom is -0.497 e. The minimum atomic E-state index is -0.302. The van der Waals surface area contributed by atoms with Gasteiger partial charge in [-0.2, -0.15) is 0 Å². The van der Waals surface area contributed by atoms with Crippen molar-refractivity contribution in [3.8, 4) is 5.75 Å². The number of amidine groups is 1. The lowest BCUT2D eigenvalue weighted by atomic mass is 9.93. The number of methoxy groups -OCH3 is 1. The summed E-state index contributed by atoms with van der Waals surface area (Å²) in [6.45, 7) is 4.76. The first-order valence-corrected chi connectivity index (χ1v) is 14.4. The van der Waals surface area contributed by atoms with Crippen LogP contribution in [-0.4, -0.2) is 41.4 Å². The van der Waals surface area contributed by atoms with Crippen molar-refractivity contribution in [2.45, 2.75) is 32.7 Å². The molecule has 2 aliphatic heterocycles. The van der Waals surface area contributed by atoms with E-state index in [1.807, 2.05) is 79.7 Å². The lowest BCUT2D eigenvalue weighted by molar-refractivity contribution is -0.113. The molecule has 40 heavy (non-hydrogen) atoms. The van der Waals surface area contributed by atoms with Crippen molar-refractivity contribution in [2.24, 2.45) is 4.99 Å². The van der Waals surface area contributed by atoms with Gasteiger partial charge in [0.15, 0.2) is 5.17 Å². The Balaban J connectivity index is 1.37. The molecule has 1 atom stereocenters. The molecule has 0 aliphatic carbocycles. The number of nitrogens with zero attached hydrogens (tertiary/aromatic N) is 2. The van der Waals surface area contributed by atoms with Gasteiger partial charge in [-0.05, 0) is 73.4 Å². The Bertz CT molecular complexity index is 1450. The zero-order valence-electron chi connectivity index (χ0n) is 22.9. The highest BCUT2D eigenvalue weighted by atomic mass is 32.2. The summed E-state index contributed by atoms with van der Waals surface area (Å²) in [6, 6.07) is 22.1. The first-order valence-electron chi connectivity index (χ1n) is 13.4. The number of rotatable bonds is 7. The van der Waals surface area contributed by atoms with Crippen LogP contribution in [0.5, 0.6) is 5.75 Å². The molecule has 206 valence electrons. The third-order valence-corrected chi connectivity index (χ3v) is 8.06. The molecular weight excluding hydrogens is 522 g/mol. The lowest BCUT2D eigenvalue weighted by Crippen LogP contribution is -2.43. The van der Waals surface area contributed by atoms with E-state index in [2.05, 4.69) is 27.8 Å². The Hall–Kier alpha value is -4.24. The maximum Gasteiger partial charge on any atom is 0.323 e. The maximum absolute atomic E-state index is 13.7. The van der Waals surface area contributed by atoms with E-state index >= 15 is 0 Å². The lowest BCUT2D eigenvalue weighted by Gasteiger charge is -2.41. The maximum atomic E-state index is 13.7. The zero-order valence-corrected chi connectivity index (χ0v) is 23.7. The fourth-order valence-corrected chi connectivity index (χ4v) is 5.98. The molecule has 1 saturated heterocycles. The van der Waals surface area contributed by atoms with Gasteiger partial charge in [0.1, 0.15) is 5.75 Å². The highest BCUT2D eigenvalue weighted by Gasteiger charge is 2.37. The van der Waals surface area contributed by atoms with Crippen LogP contribution in [0, 0.1) is 0 Å². The van der Waals surface area contributed by atoms with Crippen LogP contribution in [0.2, 0.25) is 0 Å². The summed E-state index contributed by atoms with van der Waals surface area (Å²) in [5.41, 5.74) is 5.48. The molecule has 0 aromatic heterocycles. The first kappa shape index (κ1) is 27.3. The first-order chi connectivity index (χ1) is 19.5. The van der Waals surface area contributed by atoms with Crippen molar-refractivity contribution < 1.29 is 14.3 Å². The normalized spacial score (nSPS) is 16.5. The summed E-state index contributed by atoms with van der Waals surface area (Å²) in [4.78, 5) is 33.4. The van der Waals surface area contributed by atoms with Crippen LogP contribution in [0.25, 0.3) is 0 Å². The van der Waals surface area contributed by atoms with Gasteiger partial charge in [0.2, 0.25) is 0 Å². The Morgan fingerprint density at radius 3 is 2.40 bits per heavy atom. The molecule has 1 unspecified atom stereocenters. The Morgan fingerprint density at radius 1 is 0.975 bits per heavy atom. The van der Waals surface area contributed by atoms with E-state index < -0.39 is 0 Å². The summed E-state index contributed by atoms with van der Waals surface area (Å²) in [6.07, 6.45) is 1.83. The molecular formula is C31H33N5O3S. The van der Waals surface area contributed by atoms with Gasteiger partial charge in [0.25, 0.3) is 5.91 Å². The molecule has 2 aliphatic rings. The number of thioether (sulfide) groups is 1. The average molecular weight is 556 g/mol. The van der Waals surface area contributed by atoms with Crippen LogP contribution in [-0.2, 0) is 11.2 Å². The molecule has 3 aromatic carbocycles. The molecule has 3 aromatic rings. The second-order valence-corrected chi connectivity index (χ2v) is 10.6. The van der Waals surface area contributed by atoms with Crippen LogP contribution >= 0.6 is 11.8 Å². The number of urea groups is 1. The number of allylic oxidation sites excluding steroid dienone is 1. The van der Waals surface area contributed by atoms with Crippen molar-refractivity contribution in [3.05, 3.63) is 95.2 Å². The van der Waals surface area contributed by atoms with Gasteiger partial charge < -0.3 is 25.6 Å². The molecule has 0 radical (unpaired) electrons. The van der Waals surface area contributed by atoms with Crippen LogP contribution in [0.1, 0.15) is 37.4 Å². The summed E-state index contributed by atoms with van der Waals surface area (Å²) < 4.78 is 5.24. The molecule has 9 heteroatoms. The van der Waals surface area contributed by atoms with Crippen LogP contribution in [0.4, 0.5) is 21.9 Å². The van der Waals surface area contributed by atoms with E-state index in [1.54, 1.807) is 18.9 Å². The number of aliphatic imine (C=N–C) groups is 1. The Labute approximate surface area is 238 Å². The molecule has 0 saturated carbocycles. The summed E-state index contributed by atoms with van der Waals surface area (Å²) in [7, 11) is 1.61. The standard InChI is InChI=1S/C31H33N5O3S/c1-4-21-8-5-6-9-26(21)35-30(38)34-24-12-10-22(11-13-24)28-27(20(2)32-31-36(28)18-7-19-40-31)29(37)33-23-14-16-25(39-3)17-15-23/h5-6,8-17,28H,4,7,18-19H2,1-3H3,(H,33,37)(H2,34,35,38). The number of carbonyl (C=O) groups excluding carboxylic acids is 2. The number of hydrogen-bond acceptors (Lipinski definition) is 6. The van der Waals surface area contributed by atoms with Gasteiger partial charge in [-0.25, -0.2) is 9.79 Å². The quantitative estimate of drug-likeness (QED) is 0.303. The molecule has 3 N–H and O–H groups in total. The molecule has 5 rings (SSSR count). The van der Waals surface area contributed by atoms with Crippen molar-refractivity contribution in [1.29, 1.82) is 0 Å². The number of aryl methyl sites for hydroxylation is 1. The highest BCUT2D eigenvalue weighted by Crippen LogP contribution is 2.40. The van der Waals surface area contributed by atoms with Gasteiger partial charge >= 0.3 is 6.03 Å². The van der Waals surface area contributed by atoms with Crippen LogP contribution in [0.3, 0.4) is 0 Å². The zero-order chi connectivity index (χ0) is 28.1. The molecule has 0 bridgehead atoms. The van der Waals surface area contributed by atoms with Crippen molar-refractivity contribution in [1.82, 2.24) is 4.90 Å². The number of fused-ring (bicyclic) bond motifs is 1. The Kier molecular flexibility index (Phi) is 8.40. The van der Waals surface area contributed by atoms with Crippen molar-refractivity contribution in [3.63, 3.8) is 0 Å². The monoisotopic (exact) mass is 555 g/mol. The number of benzene rings is 3. The second-order valence-electron chi connectivity index (χ2n) is 9.59. The average Bonchev–Trinajstić information content (AvgIpc) is 2.97. The number of anilines is 3. The third-order valence-electron chi connectivity index (χ3n) is 6.98. The van der Waals surface area contributed by atoms with E-state index in [4.69, 9.17) is 9.73 Å². The largest absolute Gasteiger partial charge is 0.497 e. The number of para-hydroxylation sites is 1. The van der Waals surface area contributed by atoms with Gasteiger partial charge in [-0.3, -0.25) is 4.79 Å². The van der Waals surface area contributed by atoms with E-state index in [1.165, 1.54) is 0 Å². The van der Waals surface area contributed by atoms with E-state index in [0.29, 0.717) is 22.6 Å². The predicted molar refractivity (Wildman–Crippen MR) is 163 cm³/mol. The number of amides is 3. The molecule has 0 spiro atoms. The molecule has 8 nitrogen and oxygen atoms in total. The SMILES string of the molecule is CCc1ccccc1NC(=O)Nc1ccc(C2C(C(=O)Nc3ccc(OC)cc3)=C(C)N=C3SCCCN32)cc1. The van der Waals surface area contributed by atoms with E-state index in [-0.39, 0.29) is 18.0 Å². The smallest absolute Gasteiger partial charge is 0.323 e. The third kappa shape index (κ3) is 5.99. The van der Waals surface area contributed by atoms with Gasteiger partial charge in [0.05, 0.1) is 24.4 Å². The molecule has 1 fully saturated rings. The van der Waals surface area contributed by atoms with Gasteiger partial charge in [0, 0.05) is 29.4 Å². The second kappa shape index (κ2) is 12.3. The van der Waals surface area contributed by atoms with Gasteiger partial charge in [-0.15, -0.1) is 0 Å². The highest BCUT2D eigenvalue weighted by molar-refractivity contribution is 8.13. The molecule has 3 amide bonds. The molecule has 2 heterocycles. The number of nitrogens with one attached hydrogen (secondary N) is 3. The fourth-order valence-electron chi connectivity index (χ4n) is 4.96. The number of hydrogen-bond donors (Lipinski definition) is 3. The van der Waals surface area contributed by atoms with Crippen molar-refractivity contribution >= 4 is 45.9 Å². The fraction of sp³-hybridized carbons (Fsp3) is 0.258. The van der Waals surface area contributed by atoms with Crippen LogP contribution < -0.4 is 20.7 Å². The van der Waals surface area contributed by atoms with Crippen LogP contribution in [0.15, 0.2) is 89.1 Å². The Morgan fingerprint density at radius 2 is 1.68 bits per heavy atom. The van der Waals surface area contributed by atoms with E-state index in [0.717, 1.165) is 52.9 Å². The van der Waals surface area contributed by atoms with Crippen molar-refractivity contribution in [2.75, 3.05) is 35.4 Å². The number of carbonyl (C=O) groups is 2. The van der Waals surface area contributed by atoms with E-state index in [9.17, 15) is 9.59 Å². The summed E-state index contributed by atoms with van der Waals surface area (Å²) in [5.74, 6) is 1.53. The summed E-state index contributed by atoms with van der Waals surface area (Å²) >= 11 is 1.72.